The first-order valence-corrected chi connectivity index (χ1v) is 9.25. The van der Waals surface area contributed by atoms with Crippen LogP contribution in [-0.4, -0.2) is 24.5 Å². The average Bonchev–Trinajstić information content (AvgIpc) is 3.15. The number of carbonyl (C=O) groups excluding carboxylic acids is 1. The van der Waals surface area contributed by atoms with Crippen LogP contribution in [0.2, 0.25) is 5.02 Å². The lowest BCUT2D eigenvalue weighted by atomic mass is 10.0. The van der Waals surface area contributed by atoms with Crippen molar-refractivity contribution in [3.05, 3.63) is 97.4 Å². The van der Waals surface area contributed by atoms with Crippen molar-refractivity contribution in [1.29, 1.82) is 0 Å². The van der Waals surface area contributed by atoms with E-state index < -0.39 is 11.2 Å². The van der Waals surface area contributed by atoms with Crippen LogP contribution in [0.3, 0.4) is 0 Å². The van der Waals surface area contributed by atoms with Crippen molar-refractivity contribution in [2.24, 2.45) is 14.1 Å². The fraction of sp³-hybridized carbons (Fsp3) is 0.143. The van der Waals surface area contributed by atoms with Gasteiger partial charge in [0.25, 0.3) is 5.56 Å². The molecule has 0 amide bonds. The third-order valence-electron chi connectivity index (χ3n) is 4.90. The first-order valence-electron chi connectivity index (χ1n) is 8.87. The molecule has 0 bridgehead atoms. The second-order valence-corrected chi connectivity index (χ2v) is 7.16. The highest BCUT2D eigenvalue weighted by molar-refractivity contribution is 6.34. The van der Waals surface area contributed by atoms with Crippen LogP contribution in [0.1, 0.15) is 21.5 Å². The Kier molecular flexibility index (Phi) is 4.68. The van der Waals surface area contributed by atoms with Crippen molar-refractivity contribution < 1.29 is 4.79 Å². The Morgan fingerprint density at radius 3 is 2.38 bits per heavy atom. The van der Waals surface area contributed by atoms with Crippen molar-refractivity contribution in [3.8, 4) is 0 Å². The van der Waals surface area contributed by atoms with E-state index >= 15 is 0 Å². The number of nitrogens with zero attached hydrogens (tertiary/aromatic N) is 4. The Morgan fingerprint density at radius 2 is 1.69 bits per heavy atom. The summed E-state index contributed by atoms with van der Waals surface area (Å²) in [5.74, 6) is -0.154. The molecule has 0 N–H and O–H groups in total. The molecule has 8 heteroatoms. The fourth-order valence-corrected chi connectivity index (χ4v) is 3.50. The minimum absolute atomic E-state index is 0.154. The molecular formula is C21H17ClN4O3. The number of carbonyl (C=O) groups is 1. The Bertz CT molecular complexity index is 1360. The van der Waals surface area contributed by atoms with Gasteiger partial charge in [0.15, 0.2) is 16.9 Å². The Morgan fingerprint density at radius 1 is 1.00 bits per heavy atom. The predicted molar refractivity (Wildman–Crippen MR) is 111 cm³/mol. The van der Waals surface area contributed by atoms with Gasteiger partial charge in [-0.05, 0) is 17.7 Å². The van der Waals surface area contributed by atoms with Gasteiger partial charge in [-0.1, -0.05) is 48.0 Å². The number of rotatable bonds is 4. The van der Waals surface area contributed by atoms with E-state index in [0.29, 0.717) is 33.9 Å². The summed E-state index contributed by atoms with van der Waals surface area (Å²) in [5.41, 5.74) is 1.73. The van der Waals surface area contributed by atoms with Crippen LogP contribution in [0.15, 0.2) is 64.4 Å². The van der Waals surface area contributed by atoms with E-state index in [-0.39, 0.29) is 5.78 Å². The molecule has 2 aromatic carbocycles. The maximum Gasteiger partial charge on any atom is 0.332 e. The molecule has 2 aromatic heterocycles. The molecule has 7 nitrogen and oxygen atoms in total. The summed E-state index contributed by atoms with van der Waals surface area (Å²) in [5, 5.41) is 0.410. The summed E-state index contributed by atoms with van der Waals surface area (Å²) < 4.78 is 4.10. The second kappa shape index (κ2) is 7.18. The molecule has 0 aliphatic rings. The van der Waals surface area contributed by atoms with Gasteiger partial charge in [-0.25, -0.2) is 9.78 Å². The first-order chi connectivity index (χ1) is 13.9. The molecule has 0 aliphatic carbocycles. The SMILES string of the molecule is Cn1c(=O)c2c(ncn2Cc2ccc(C(=O)c3ccccc3Cl)cc2)n(C)c1=O. The van der Waals surface area contributed by atoms with Crippen LogP contribution in [0, 0.1) is 0 Å². The normalized spacial score (nSPS) is 11.1. The molecule has 0 aliphatic heterocycles. The van der Waals surface area contributed by atoms with E-state index in [0.717, 1.165) is 10.1 Å². The zero-order chi connectivity index (χ0) is 20.7. The van der Waals surface area contributed by atoms with Gasteiger partial charge in [0.2, 0.25) is 0 Å². The standard InChI is InChI=1S/C21H17ClN4O3/c1-24-19-17(20(28)25(2)21(24)29)26(12-23-19)11-13-7-9-14(10-8-13)18(27)15-5-3-4-6-16(15)22/h3-10,12H,11H2,1-2H3. The molecule has 0 atom stereocenters. The smallest absolute Gasteiger partial charge is 0.320 e. The number of imidazole rings is 1. The lowest BCUT2D eigenvalue weighted by Crippen LogP contribution is -2.37. The molecule has 0 radical (unpaired) electrons. The minimum Gasteiger partial charge on any atom is -0.320 e. The largest absolute Gasteiger partial charge is 0.332 e. The van der Waals surface area contributed by atoms with E-state index in [2.05, 4.69) is 4.98 Å². The first kappa shape index (κ1) is 18.9. The zero-order valence-corrected chi connectivity index (χ0v) is 16.6. The highest BCUT2D eigenvalue weighted by Gasteiger charge is 2.15. The molecule has 0 saturated carbocycles. The Labute approximate surface area is 170 Å². The number of halogens is 1. The molecule has 2 heterocycles. The summed E-state index contributed by atoms with van der Waals surface area (Å²) in [6.07, 6.45) is 1.54. The van der Waals surface area contributed by atoms with Crippen molar-refractivity contribution in [1.82, 2.24) is 18.7 Å². The maximum atomic E-state index is 12.6. The van der Waals surface area contributed by atoms with Gasteiger partial charge in [-0.2, -0.15) is 0 Å². The molecule has 0 saturated heterocycles. The second-order valence-electron chi connectivity index (χ2n) is 6.76. The van der Waals surface area contributed by atoms with Gasteiger partial charge < -0.3 is 4.57 Å². The van der Waals surface area contributed by atoms with Gasteiger partial charge in [0.1, 0.15) is 0 Å². The molecular weight excluding hydrogens is 392 g/mol. The molecule has 0 spiro atoms. The predicted octanol–water partition coefficient (Wildman–Crippen LogP) is 2.37. The van der Waals surface area contributed by atoms with E-state index in [1.54, 1.807) is 48.0 Å². The third kappa shape index (κ3) is 3.19. The van der Waals surface area contributed by atoms with Crippen molar-refractivity contribution in [3.63, 3.8) is 0 Å². The van der Waals surface area contributed by atoms with Gasteiger partial charge in [0.05, 0.1) is 11.3 Å². The van der Waals surface area contributed by atoms with Crippen molar-refractivity contribution >= 4 is 28.5 Å². The topological polar surface area (TPSA) is 78.9 Å². The van der Waals surface area contributed by atoms with Gasteiger partial charge in [-0.15, -0.1) is 0 Å². The number of fused-ring (bicyclic) bond motifs is 1. The molecule has 146 valence electrons. The number of aryl methyl sites for hydroxylation is 1. The Balaban J connectivity index is 1.67. The minimum atomic E-state index is -0.421. The van der Waals surface area contributed by atoms with Crippen LogP contribution >= 0.6 is 11.6 Å². The fourth-order valence-electron chi connectivity index (χ4n) is 3.28. The molecule has 0 unspecified atom stereocenters. The third-order valence-corrected chi connectivity index (χ3v) is 5.23. The monoisotopic (exact) mass is 408 g/mol. The summed E-state index contributed by atoms with van der Waals surface area (Å²) in [6, 6.07) is 14.0. The quantitative estimate of drug-likeness (QED) is 0.486. The molecule has 4 aromatic rings. The number of benzene rings is 2. The van der Waals surface area contributed by atoms with E-state index in [9.17, 15) is 14.4 Å². The highest BCUT2D eigenvalue weighted by atomic mass is 35.5. The number of aromatic nitrogens is 4. The van der Waals surface area contributed by atoms with Crippen LogP contribution < -0.4 is 11.2 Å². The number of hydrogen-bond donors (Lipinski definition) is 0. The zero-order valence-electron chi connectivity index (χ0n) is 15.8. The highest BCUT2D eigenvalue weighted by Crippen LogP contribution is 2.20. The summed E-state index contributed by atoms with van der Waals surface area (Å²) in [6.45, 7) is 0.379. The van der Waals surface area contributed by atoms with E-state index in [4.69, 9.17) is 11.6 Å². The van der Waals surface area contributed by atoms with E-state index in [1.807, 2.05) is 12.1 Å². The lowest BCUT2D eigenvalue weighted by molar-refractivity contribution is 0.103. The molecule has 29 heavy (non-hydrogen) atoms. The lowest BCUT2D eigenvalue weighted by Gasteiger charge is -2.08. The van der Waals surface area contributed by atoms with Crippen LogP contribution in [0.5, 0.6) is 0 Å². The van der Waals surface area contributed by atoms with Crippen LogP contribution in [-0.2, 0) is 20.6 Å². The number of hydrogen-bond acceptors (Lipinski definition) is 4. The van der Waals surface area contributed by atoms with Gasteiger partial charge >= 0.3 is 5.69 Å². The van der Waals surface area contributed by atoms with Crippen molar-refractivity contribution in [2.75, 3.05) is 0 Å². The maximum absolute atomic E-state index is 12.6. The van der Waals surface area contributed by atoms with E-state index in [1.165, 1.54) is 17.9 Å². The molecule has 0 fully saturated rings. The summed E-state index contributed by atoms with van der Waals surface area (Å²) in [4.78, 5) is 41.4. The summed E-state index contributed by atoms with van der Waals surface area (Å²) >= 11 is 6.12. The van der Waals surface area contributed by atoms with Crippen molar-refractivity contribution in [2.45, 2.75) is 6.54 Å². The Hall–Kier alpha value is -3.45. The van der Waals surface area contributed by atoms with Crippen LogP contribution in [0.25, 0.3) is 11.2 Å². The van der Waals surface area contributed by atoms with Gasteiger partial charge in [0, 0.05) is 31.8 Å². The van der Waals surface area contributed by atoms with Crippen LogP contribution in [0.4, 0.5) is 0 Å². The average molecular weight is 409 g/mol. The molecule has 4 rings (SSSR count). The summed E-state index contributed by atoms with van der Waals surface area (Å²) in [7, 11) is 3.02. The number of ketones is 1. The van der Waals surface area contributed by atoms with Gasteiger partial charge in [-0.3, -0.25) is 18.7 Å².